The van der Waals surface area contributed by atoms with Gasteiger partial charge in [0.2, 0.25) is 0 Å². The van der Waals surface area contributed by atoms with Crippen molar-refractivity contribution in [1.82, 2.24) is 10.2 Å². The topological polar surface area (TPSA) is 58.6 Å². The predicted molar refractivity (Wildman–Crippen MR) is 97.4 cm³/mol. The van der Waals surface area contributed by atoms with Gasteiger partial charge in [-0.3, -0.25) is 4.79 Å². The van der Waals surface area contributed by atoms with Gasteiger partial charge >= 0.3 is 6.09 Å². The van der Waals surface area contributed by atoms with E-state index in [9.17, 15) is 14.0 Å². The van der Waals surface area contributed by atoms with Gasteiger partial charge in [-0.1, -0.05) is 0 Å². The van der Waals surface area contributed by atoms with Crippen molar-refractivity contribution in [3.05, 3.63) is 33.1 Å². The summed E-state index contributed by atoms with van der Waals surface area (Å²) in [5.74, 6) is -0.871. The van der Waals surface area contributed by atoms with Crippen LogP contribution in [0.15, 0.2) is 18.2 Å². The molecule has 0 bridgehead atoms. The molecule has 24 heavy (non-hydrogen) atoms. The minimum atomic E-state index is -0.571. The van der Waals surface area contributed by atoms with Crippen molar-refractivity contribution in [3.63, 3.8) is 0 Å². The van der Waals surface area contributed by atoms with Gasteiger partial charge in [0.1, 0.15) is 11.4 Å². The number of carbonyl (C=O) groups excluding carboxylic acids is 2. The van der Waals surface area contributed by atoms with Crippen LogP contribution in [-0.2, 0) is 4.74 Å². The number of ether oxygens (including phenoxy) is 1. The van der Waals surface area contributed by atoms with E-state index >= 15 is 0 Å². The van der Waals surface area contributed by atoms with Gasteiger partial charge in [0.05, 0.1) is 5.56 Å². The van der Waals surface area contributed by atoms with E-state index in [0.29, 0.717) is 13.1 Å². The summed E-state index contributed by atoms with van der Waals surface area (Å²) in [6.07, 6.45) is 1.01. The molecule has 1 aliphatic heterocycles. The van der Waals surface area contributed by atoms with E-state index in [-0.39, 0.29) is 17.5 Å². The highest BCUT2D eigenvalue weighted by molar-refractivity contribution is 14.1. The number of likely N-dealkylation sites (tertiary alicyclic amines) is 1. The monoisotopic (exact) mass is 448 g/mol. The first kappa shape index (κ1) is 19.0. The van der Waals surface area contributed by atoms with Gasteiger partial charge in [0, 0.05) is 22.7 Å². The van der Waals surface area contributed by atoms with E-state index in [1.807, 2.05) is 22.6 Å². The Morgan fingerprint density at radius 3 is 2.75 bits per heavy atom. The van der Waals surface area contributed by atoms with Crippen LogP contribution < -0.4 is 5.32 Å². The minimum Gasteiger partial charge on any atom is -0.444 e. The zero-order valence-corrected chi connectivity index (χ0v) is 16.2. The lowest BCUT2D eigenvalue weighted by molar-refractivity contribution is 0.0451. The molecule has 0 saturated carbocycles. The third kappa shape index (κ3) is 5.32. The van der Waals surface area contributed by atoms with Crippen LogP contribution in [0.3, 0.4) is 0 Å². The molecule has 0 radical (unpaired) electrons. The average Bonchev–Trinajstić information content (AvgIpc) is 2.47. The maximum absolute atomic E-state index is 13.9. The van der Waals surface area contributed by atoms with Crippen molar-refractivity contribution in [2.24, 2.45) is 0 Å². The fraction of sp³-hybridized carbons (Fsp3) is 0.529. The molecule has 1 aromatic carbocycles. The number of piperidine rings is 1. The van der Waals surface area contributed by atoms with Crippen molar-refractivity contribution in [3.8, 4) is 0 Å². The molecule has 0 aromatic heterocycles. The Kier molecular flexibility index (Phi) is 6.06. The van der Waals surface area contributed by atoms with Crippen LogP contribution in [0.5, 0.6) is 0 Å². The van der Waals surface area contributed by atoms with Gasteiger partial charge in [-0.25, -0.2) is 9.18 Å². The molecule has 1 fully saturated rings. The predicted octanol–water partition coefficient (Wildman–Crippen LogP) is 3.56. The third-order valence-electron chi connectivity index (χ3n) is 3.59. The molecule has 0 aliphatic carbocycles. The summed E-state index contributed by atoms with van der Waals surface area (Å²) in [5, 5.41) is 2.79. The van der Waals surface area contributed by atoms with E-state index in [1.165, 1.54) is 6.07 Å². The Balaban J connectivity index is 2.01. The summed E-state index contributed by atoms with van der Waals surface area (Å²) in [4.78, 5) is 26.0. The molecular weight excluding hydrogens is 426 g/mol. The maximum Gasteiger partial charge on any atom is 0.407 e. The molecule has 5 nitrogen and oxygen atoms in total. The SMILES string of the molecule is CC(C)(C)OC(=O)NC1CCCN(C(=O)c2cc(I)ccc2F)C1. The number of amides is 2. The number of halogens is 2. The Morgan fingerprint density at radius 1 is 1.38 bits per heavy atom. The molecule has 2 amide bonds. The van der Waals surface area contributed by atoms with E-state index in [0.717, 1.165) is 16.4 Å². The molecule has 1 aliphatic rings. The Bertz CT molecular complexity index is 631. The standard InChI is InChI=1S/C17H22FIN2O3/c1-17(2,3)24-16(23)20-12-5-4-8-21(10-12)15(22)13-9-11(19)6-7-14(13)18/h6-7,9,12H,4-5,8,10H2,1-3H3,(H,20,23). The van der Waals surface area contributed by atoms with E-state index in [2.05, 4.69) is 5.32 Å². The normalized spacial score (nSPS) is 18.2. The Hall–Kier alpha value is -1.38. The van der Waals surface area contributed by atoms with Gasteiger partial charge in [-0.05, 0) is 74.4 Å². The van der Waals surface area contributed by atoms with E-state index < -0.39 is 17.5 Å². The number of alkyl carbamates (subject to hydrolysis) is 1. The van der Waals surface area contributed by atoms with Gasteiger partial charge < -0.3 is 15.0 Å². The highest BCUT2D eigenvalue weighted by Crippen LogP contribution is 2.18. The van der Waals surface area contributed by atoms with Crippen LogP contribution >= 0.6 is 22.6 Å². The number of hydrogen-bond donors (Lipinski definition) is 1. The zero-order chi connectivity index (χ0) is 17.9. The van der Waals surface area contributed by atoms with Gasteiger partial charge in [-0.15, -0.1) is 0 Å². The molecule has 2 rings (SSSR count). The molecule has 1 atom stereocenters. The van der Waals surface area contributed by atoms with Crippen LogP contribution in [-0.4, -0.2) is 41.6 Å². The fourth-order valence-electron chi connectivity index (χ4n) is 2.59. The van der Waals surface area contributed by atoms with Crippen molar-refractivity contribution in [2.45, 2.75) is 45.3 Å². The van der Waals surface area contributed by atoms with Crippen molar-refractivity contribution in [2.75, 3.05) is 13.1 Å². The Labute approximate surface area is 155 Å². The molecule has 0 spiro atoms. The second-order valence-electron chi connectivity index (χ2n) is 6.86. The summed E-state index contributed by atoms with van der Waals surface area (Å²) < 4.78 is 20.0. The lowest BCUT2D eigenvalue weighted by Gasteiger charge is -2.33. The quantitative estimate of drug-likeness (QED) is 0.705. The summed E-state index contributed by atoms with van der Waals surface area (Å²) >= 11 is 2.05. The van der Waals surface area contributed by atoms with Gasteiger partial charge in [0.15, 0.2) is 0 Å². The third-order valence-corrected chi connectivity index (χ3v) is 4.26. The molecule has 1 heterocycles. The number of carbonyl (C=O) groups is 2. The number of rotatable bonds is 2. The molecular formula is C17H22FIN2O3. The first-order chi connectivity index (χ1) is 11.2. The lowest BCUT2D eigenvalue weighted by atomic mass is 10.0. The fourth-order valence-corrected chi connectivity index (χ4v) is 3.08. The van der Waals surface area contributed by atoms with Crippen molar-refractivity contribution < 1.29 is 18.7 Å². The summed E-state index contributed by atoms with van der Waals surface area (Å²) in [7, 11) is 0. The number of nitrogens with zero attached hydrogens (tertiary/aromatic N) is 1. The molecule has 1 N–H and O–H groups in total. The van der Waals surface area contributed by atoms with Crippen LogP contribution in [0.4, 0.5) is 9.18 Å². The molecule has 132 valence electrons. The summed E-state index contributed by atoms with van der Waals surface area (Å²) in [5.41, 5.74) is -0.502. The molecule has 1 saturated heterocycles. The van der Waals surface area contributed by atoms with Crippen LogP contribution in [0.2, 0.25) is 0 Å². The highest BCUT2D eigenvalue weighted by atomic mass is 127. The van der Waals surface area contributed by atoms with Gasteiger partial charge in [-0.2, -0.15) is 0 Å². The van der Waals surface area contributed by atoms with E-state index in [4.69, 9.17) is 4.74 Å². The molecule has 1 aromatic rings. The number of nitrogens with one attached hydrogen (secondary N) is 1. The lowest BCUT2D eigenvalue weighted by Crippen LogP contribution is -2.50. The maximum atomic E-state index is 13.9. The van der Waals surface area contributed by atoms with Crippen LogP contribution in [0, 0.1) is 9.39 Å². The largest absolute Gasteiger partial charge is 0.444 e. The highest BCUT2D eigenvalue weighted by Gasteiger charge is 2.28. The number of hydrogen-bond acceptors (Lipinski definition) is 3. The first-order valence-electron chi connectivity index (χ1n) is 7.89. The Morgan fingerprint density at radius 2 is 2.08 bits per heavy atom. The van der Waals surface area contributed by atoms with E-state index in [1.54, 1.807) is 37.8 Å². The average molecular weight is 448 g/mol. The van der Waals surface area contributed by atoms with Crippen molar-refractivity contribution in [1.29, 1.82) is 0 Å². The second-order valence-corrected chi connectivity index (χ2v) is 8.11. The van der Waals surface area contributed by atoms with Crippen LogP contribution in [0.1, 0.15) is 44.0 Å². The number of benzene rings is 1. The molecule has 1 unspecified atom stereocenters. The van der Waals surface area contributed by atoms with Crippen LogP contribution in [0.25, 0.3) is 0 Å². The van der Waals surface area contributed by atoms with Crippen molar-refractivity contribution >= 4 is 34.6 Å². The summed E-state index contributed by atoms with van der Waals surface area (Å²) in [6, 6.07) is 4.28. The van der Waals surface area contributed by atoms with Gasteiger partial charge in [0.25, 0.3) is 5.91 Å². The summed E-state index contributed by atoms with van der Waals surface area (Å²) in [6.45, 7) is 6.29. The minimum absolute atomic E-state index is 0.0693. The first-order valence-corrected chi connectivity index (χ1v) is 8.97. The second kappa shape index (κ2) is 7.67. The smallest absolute Gasteiger partial charge is 0.407 e. The zero-order valence-electron chi connectivity index (χ0n) is 14.1. The molecule has 7 heteroatoms.